The van der Waals surface area contributed by atoms with Gasteiger partial charge in [0.1, 0.15) is 30.4 Å². The Bertz CT molecular complexity index is 2660. The number of amidine groups is 2. The van der Waals surface area contributed by atoms with Crippen molar-refractivity contribution in [3.63, 3.8) is 0 Å². The van der Waals surface area contributed by atoms with Crippen molar-refractivity contribution in [1.82, 2.24) is 36.8 Å². The first kappa shape index (κ1) is 53.1. The standard InChI is InChI=1S/C30H33N5O4.C24H29N5O4/c1-20(34-29(37)26-16-25(18-32-26)23-10-6-3-7-11-23)28(36)33-17-21-12-14-24(15-13-21)27(31)35-30(38)39-19-22-8-4-2-5-9-22;1-15(23(32)27-12-16-7-9-18(10-8-16)22(25)26)28-24(33)20-11-19(13-29(20)14-21(30)31)17-5-3-2-4-6-17/h2-15,20,25-26,32H,16-19H2,1H3,(H,33,36)(H,34,37)(H2,31,35,38);2-10,15,19-20H,11-14H2,1H3,(H3,25,26)(H,27,32)(H,28,33)(H,30,31)/t20-,25-,26+;15-,19-,20+/m00/s1. The summed E-state index contributed by atoms with van der Waals surface area (Å²) in [5.41, 5.74) is 11.3. The van der Waals surface area contributed by atoms with Gasteiger partial charge in [0.25, 0.3) is 0 Å². The van der Waals surface area contributed by atoms with E-state index in [0.29, 0.717) is 30.5 Å². The Morgan fingerprint density at radius 1 is 0.667 bits per heavy atom. The van der Waals surface area contributed by atoms with Crippen molar-refractivity contribution in [3.05, 3.63) is 178 Å². The van der Waals surface area contributed by atoms with Gasteiger partial charge in [-0.1, -0.05) is 140 Å². The quantitative estimate of drug-likeness (QED) is 0.0438. The van der Waals surface area contributed by atoms with Crippen LogP contribution in [0.15, 0.2) is 140 Å². The fourth-order valence-corrected chi connectivity index (χ4v) is 8.37. The molecule has 18 heteroatoms. The molecule has 6 atom stereocenters. The number of nitrogen functional groups attached to an aromatic ring is 1. The summed E-state index contributed by atoms with van der Waals surface area (Å²) in [6, 6.07) is 40.5. The maximum Gasteiger partial charge on any atom is 0.413 e. The molecule has 0 saturated carbocycles. The fourth-order valence-electron chi connectivity index (χ4n) is 8.37. The number of amides is 5. The van der Waals surface area contributed by atoms with Crippen molar-refractivity contribution in [2.75, 3.05) is 19.6 Å². The van der Waals surface area contributed by atoms with Crippen LogP contribution in [0.2, 0.25) is 0 Å². The van der Waals surface area contributed by atoms with E-state index in [9.17, 15) is 33.9 Å². The number of aliphatic carboxylic acids is 1. The van der Waals surface area contributed by atoms with Crippen LogP contribution < -0.4 is 37.6 Å². The van der Waals surface area contributed by atoms with Crippen LogP contribution in [-0.4, -0.2) is 101 Å². The molecule has 2 saturated heterocycles. The van der Waals surface area contributed by atoms with Crippen molar-refractivity contribution in [2.24, 2.45) is 5.73 Å². The lowest BCUT2D eigenvalue weighted by molar-refractivity contribution is -0.140. The molecule has 0 spiro atoms. The topological polar surface area (TPSA) is 281 Å². The molecular weight excluding hydrogens is 917 g/mol. The second kappa shape index (κ2) is 26.1. The van der Waals surface area contributed by atoms with Crippen LogP contribution in [0, 0.1) is 10.8 Å². The number of benzene rings is 5. The molecule has 5 amide bonds. The molecule has 5 aromatic carbocycles. The number of carboxylic acid groups (broad SMARTS) is 1. The summed E-state index contributed by atoms with van der Waals surface area (Å²) in [5.74, 6) is -1.98. The van der Waals surface area contributed by atoms with E-state index < -0.39 is 30.2 Å². The Labute approximate surface area is 418 Å². The zero-order valence-electron chi connectivity index (χ0n) is 40.2. The lowest BCUT2D eigenvalue weighted by Gasteiger charge is -2.23. The number of alkyl carbamates (subject to hydrolysis) is 1. The highest BCUT2D eigenvalue weighted by molar-refractivity contribution is 6.04. The van der Waals surface area contributed by atoms with Crippen LogP contribution in [0.4, 0.5) is 4.79 Å². The molecule has 7 rings (SSSR count). The maximum atomic E-state index is 12.9. The second-order valence-corrected chi connectivity index (χ2v) is 17.8. The second-order valence-electron chi connectivity index (χ2n) is 17.8. The van der Waals surface area contributed by atoms with Gasteiger partial charge in [-0.25, -0.2) is 4.79 Å². The SMILES string of the molecule is C[C@H](NC(=O)[C@H]1C[C@H](c2ccccc2)CN1)C(=O)NCc1ccc(C(=N)NC(=O)OCc2ccccc2)cc1.C[C@H](NC(=O)[C@H]1C[C@H](c2ccccc2)CN1CC(=O)O)C(=O)NCc1ccc(C(=N)N)cc1. The van der Waals surface area contributed by atoms with E-state index >= 15 is 0 Å². The summed E-state index contributed by atoms with van der Waals surface area (Å²) in [6.45, 7) is 4.84. The fraction of sp³-hybridized carbons (Fsp3) is 0.296. The Kier molecular flexibility index (Phi) is 19.3. The predicted octanol–water partition coefficient (Wildman–Crippen LogP) is 4.24. The molecule has 0 aromatic heterocycles. The molecule has 0 bridgehead atoms. The van der Waals surface area contributed by atoms with Crippen molar-refractivity contribution in [1.29, 1.82) is 10.8 Å². The summed E-state index contributed by atoms with van der Waals surface area (Å²) in [7, 11) is 0. The van der Waals surface area contributed by atoms with Gasteiger partial charge in [0, 0.05) is 37.3 Å². The molecule has 2 aliphatic heterocycles. The van der Waals surface area contributed by atoms with E-state index in [2.05, 4.69) is 44.0 Å². The van der Waals surface area contributed by atoms with Gasteiger partial charge in [-0.05, 0) is 66.3 Å². The number of nitrogens with one attached hydrogen (secondary N) is 8. The third-order valence-electron chi connectivity index (χ3n) is 12.4. The lowest BCUT2D eigenvalue weighted by Crippen LogP contribution is -2.51. The maximum absolute atomic E-state index is 12.9. The molecule has 0 unspecified atom stereocenters. The first-order chi connectivity index (χ1) is 34.6. The number of likely N-dealkylation sites (tertiary alicyclic amines) is 1. The Hall–Kier alpha value is -8.22. The van der Waals surface area contributed by atoms with Crippen LogP contribution in [0.3, 0.4) is 0 Å². The van der Waals surface area contributed by atoms with Crippen LogP contribution in [0.25, 0.3) is 0 Å². The smallest absolute Gasteiger partial charge is 0.413 e. The molecule has 0 aliphatic carbocycles. The summed E-state index contributed by atoms with van der Waals surface area (Å²) < 4.78 is 5.14. The molecule has 5 aromatic rings. The van der Waals surface area contributed by atoms with Crippen LogP contribution in [0.5, 0.6) is 0 Å². The summed E-state index contributed by atoms with van der Waals surface area (Å²) in [4.78, 5) is 75.7. The minimum Gasteiger partial charge on any atom is -0.480 e. The van der Waals surface area contributed by atoms with E-state index in [1.807, 2.05) is 78.9 Å². The monoisotopic (exact) mass is 978 g/mol. The number of rotatable bonds is 18. The van der Waals surface area contributed by atoms with Crippen molar-refractivity contribution in [2.45, 2.75) is 82.4 Å². The van der Waals surface area contributed by atoms with Crippen molar-refractivity contribution in [3.8, 4) is 0 Å². The van der Waals surface area contributed by atoms with Gasteiger partial charge < -0.3 is 42.2 Å². The minimum absolute atomic E-state index is 0.0275. The third kappa shape index (κ3) is 15.9. The summed E-state index contributed by atoms with van der Waals surface area (Å²) in [6.07, 6.45) is 0.463. The molecule has 11 N–H and O–H groups in total. The number of carbonyl (C=O) groups excluding carboxylic acids is 5. The number of carboxylic acids is 1. The Balaban J connectivity index is 0.000000239. The molecule has 2 fully saturated rings. The van der Waals surface area contributed by atoms with E-state index in [0.717, 1.165) is 28.8 Å². The normalized spacial score (nSPS) is 17.9. The Morgan fingerprint density at radius 2 is 1.17 bits per heavy atom. The number of carbonyl (C=O) groups is 6. The predicted molar refractivity (Wildman–Crippen MR) is 272 cm³/mol. The average Bonchev–Trinajstić information content (AvgIpc) is 4.06. The molecule has 376 valence electrons. The van der Waals surface area contributed by atoms with Crippen LogP contribution in [0.1, 0.15) is 77.5 Å². The lowest BCUT2D eigenvalue weighted by atomic mass is 9.96. The molecule has 2 heterocycles. The van der Waals surface area contributed by atoms with Crippen molar-refractivity contribution >= 4 is 47.4 Å². The van der Waals surface area contributed by atoms with E-state index in [1.165, 1.54) is 5.56 Å². The highest BCUT2D eigenvalue weighted by atomic mass is 16.5. The molecule has 18 nitrogen and oxygen atoms in total. The number of hydrogen-bond donors (Lipinski definition) is 10. The van der Waals surface area contributed by atoms with Gasteiger partial charge in [-0.3, -0.25) is 45.0 Å². The van der Waals surface area contributed by atoms with Gasteiger partial charge in [0.05, 0.1) is 18.6 Å². The largest absolute Gasteiger partial charge is 0.480 e. The first-order valence-electron chi connectivity index (χ1n) is 23.7. The van der Waals surface area contributed by atoms with Gasteiger partial charge >= 0.3 is 12.1 Å². The van der Waals surface area contributed by atoms with Crippen molar-refractivity contribution < 1.29 is 38.6 Å². The van der Waals surface area contributed by atoms with E-state index in [-0.39, 0.29) is 79.4 Å². The number of hydrogen-bond acceptors (Lipinski definition) is 11. The zero-order valence-corrected chi connectivity index (χ0v) is 40.2. The van der Waals surface area contributed by atoms with Gasteiger partial charge in [-0.15, -0.1) is 0 Å². The number of nitrogens with two attached hydrogens (primary N) is 1. The zero-order chi connectivity index (χ0) is 51.6. The number of ether oxygens (including phenoxy) is 1. The molecule has 72 heavy (non-hydrogen) atoms. The molecule has 0 radical (unpaired) electrons. The molecular formula is C54H62N10O8. The van der Waals surface area contributed by atoms with Crippen LogP contribution in [-0.2, 0) is 48.4 Å². The highest BCUT2D eigenvalue weighted by Crippen LogP contribution is 2.32. The van der Waals surface area contributed by atoms with Crippen LogP contribution >= 0.6 is 0 Å². The van der Waals surface area contributed by atoms with E-state index in [4.69, 9.17) is 21.3 Å². The summed E-state index contributed by atoms with van der Waals surface area (Å²) >= 11 is 0. The highest BCUT2D eigenvalue weighted by Gasteiger charge is 2.39. The average molecular weight is 979 g/mol. The minimum atomic E-state index is -0.997. The summed E-state index contributed by atoms with van der Waals surface area (Å²) in [5, 5.41) is 41.6. The Morgan fingerprint density at radius 3 is 1.69 bits per heavy atom. The van der Waals surface area contributed by atoms with Gasteiger partial charge in [0.15, 0.2) is 0 Å². The first-order valence-corrected chi connectivity index (χ1v) is 23.7. The van der Waals surface area contributed by atoms with Gasteiger partial charge in [0.2, 0.25) is 23.6 Å². The third-order valence-corrected chi connectivity index (χ3v) is 12.4. The van der Waals surface area contributed by atoms with E-state index in [1.54, 1.807) is 67.3 Å². The number of nitrogens with zero attached hydrogens (tertiary/aromatic N) is 1. The van der Waals surface area contributed by atoms with Gasteiger partial charge in [-0.2, -0.15) is 0 Å². The molecule has 2 aliphatic rings.